The Labute approximate surface area is 139 Å². The van der Waals surface area contributed by atoms with E-state index in [1.807, 2.05) is 12.1 Å². The standard InChI is InChI=1S/C14H11BrClNO3S/c1-20-14(19)12-5-4-11(21-12)13(18)17-7-8-2-3-9(15)6-10(8)16/h2-6H,7H2,1H3,(H,17,18). The minimum atomic E-state index is -0.449. The summed E-state index contributed by atoms with van der Waals surface area (Å²) in [4.78, 5) is 24.2. The van der Waals surface area contributed by atoms with E-state index in [0.717, 1.165) is 21.4 Å². The first kappa shape index (κ1) is 16.0. The Kier molecular flexibility index (Phi) is 5.39. The van der Waals surface area contributed by atoms with Gasteiger partial charge in [-0.3, -0.25) is 4.79 Å². The Morgan fingerprint density at radius 1 is 1.29 bits per heavy atom. The molecule has 1 aromatic heterocycles. The number of thiophene rings is 1. The summed E-state index contributed by atoms with van der Waals surface area (Å²) in [7, 11) is 1.30. The van der Waals surface area contributed by atoms with Crippen LogP contribution in [0.25, 0.3) is 0 Å². The number of ether oxygens (including phenoxy) is 1. The van der Waals surface area contributed by atoms with E-state index >= 15 is 0 Å². The number of methoxy groups -OCH3 is 1. The van der Waals surface area contributed by atoms with E-state index in [1.54, 1.807) is 18.2 Å². The Morgan fingerprint density at radius 3 is 2.67 bits per heavy atom. The Balaban J connectivity index is 2.01. The van der Waals surface area contributed by atoms with Gasteiger partial charge in [0.1, 0.15) is 4.88 Å². The topological polar surface area (TPSA) is 55.4 Å². The molecule has 0 aliphatic rings. The molecule has 0 bridgehead atoms. The normalized spacial score (nSPS) is 10.2. The number of esters is 1. The molecule has 4 nitrogen and oxygen atoms in total. The second-order valence-corrected chi connectivity index (χ2v) is 6.48. The van der Waals surface area contributed by atoms with Gasteiger partial charge in [0.2, 0.25) is 0 Å². The lowest BCUT2D eigenvalue weighted by atomic mass is 10.2. The zero-order chi connectivity index (χ0) is 15.4. The second kappa shape index (κ2) is 7.06. The fourth-order valence-electron chi connectivity index (χ4n) is 1.60. The van der Waals surface area contributed by atoms with Crippen LogP contribution in [0.3, 0.4) is 0 Å². The smallest absolute Gasteiger partial charge is 0.348 e. The number of carbonyl (C=O) groups excluding carboxylic acids is 2. The molecular weight excluding hydrogens is 378 g/mol. The molecule has 0 atom stereocenters. The molecule has 0 fully saturated rings. The van der Waals surface area contributed by atoms with Crippen molar-refractivity contribution in [3.05, 3.63) is 55.1 Å². The van der Waals surface area contributed by atoms with Crippen LogP contribution < -0.4 is 5.32 Å². The molecule has 2 rings (SSSR count). The van der Waals surface area contributed by atoms with E-state index in [-0.39, 0.29) is 5.91 Å². The van der Waals surface area contributed by atoms with Crippen LogP contribution >= 0.6 is 38.9 Å². The third-order valence-electron chi connectivity index (χ3n) is 2.67. The van der Waals surface area contributed by atoms with Crippen molar-refractivity contribution in [2.24, 2.45) is 0 Å². The largest absolute Gasteiger partial charge is 0.465 e. The van der Waals surface area contributed by atoms with Gasteiger partial charge in [-0.05, 0) is 29.8 Å². The predicted molar refractivity (Wildman–Crippen MR) is 86.0 cm³/mol. The molecule has 1 aromatic carbocycles. The maximum absolute atomic E-state index is 12.0. The van der Waals surface area contributed by atoms with Crippen molar-refractivity contribution in [3.63, 3.8) is 0 Å². The molecular formula is C14H11BrClNO3S. The van der Waals surface area contributed by atoms with Gasteiger partial charge in [0.15, 0.2) is 0 Å². The molecule has 0 aliphatic heterocycles. The van der Waals surface area contributed by atoms with Crippen LogP contribution in [-0.4, -0.2) is 19.0 Å². The number of carbonyl (C=O) groups is 2. The lowest BCUT2D eigenvalue weighted by Gasteiger charge is -2.06. The predicted octanol–water partition coefficient (Wildman–Crippen LogP) is 3.88. The van der Waals surface area contributed by atoms with Crippen molar-refractivity contribution >= 4 is 50.7 Å². The average molecular weight is 389 g/mol. The number of hydrogen-bond donors (Lipinski definition) is 1. The molecule has 0 saturated carbocycles. The van der Waals surface area contributed by atoms with E-state index in [9.17, 15) is 9.59 Å². The quantitative estimate of drug-likeness (QED) is 0.809. The minimum absolute atomic E-state index is 0.255. The van der Waals surface area contributed by atoms with Gasteiger partial charge in [-0.25, -0.2) is 4.79 Å². The summed E-state index contributed by atoms with van der Waals surface area (Å²) in [6, 6.07) is 8.62. The first-order valence-corrected chi connectivity index (χ1v) is 7.90. The third-order valence-corrected chi connectivity index (χ3v) is 4.58. The molecule has 0 spiro atoms. The van der Waals surface area contributed by atoms with Crippen LogP contribution in [0.15, 0.2) is 34.8 Å². The van der Waals surface area contributed by atoms with E-state index in [4.69, 9.17) is 11.6 Å². The molecule has 1 amide bonds. The first-order valence-electron chi connectivity index (χ1n) is 5.91. The zero-order valence-corrected chi connectivity index (χ0v) is 14.1. The van der Waals surface area contributed by atoms with E-state index in [2.05, 4.69) is 26.0 Å². The average Bonchev–Trinajstić information content (AvgIpc) is 2.95. The van der Waals surface area contributed by atoms with E-state index < -0.39 is 5.97 Å². The Hall–Kier alpha value is -1.37. The zero-order valence-electron chi connectivity index (χ0n) is 11.0. The summed E-state index contributed by atoms with van der Waals surface area (Å²) >= 11 is 10.5. The van der Waals surface area contributed by atoms with Gasteiger partial charge < -0.3 is 10.1 Å². The van der Waals surface area contributed by atoms with Crippen LogP contribution in [0.5, 0.6) is 0 Å². The summed E-state index contributed by atoms with van der Waals surface area (Å²) in [5.74, 6) is -0.704. The Bertz CT molecular complexity index is 687. The highest BCUT2D eigenvalue weighted by atomic mass is 79.9. The fourth-order valence-corrected chi connectivity index (χ4v) is 3.18. The Morgan fingerprint density at radius 2 is 2.00 bits per heavy atom. The van der Waals surface area contributed by atoms with Crippen LogP contribution in [0.2, 0.25) is 5.02 Å². The van der Waals surface area contributed by atoms with Crippen molar-refractivity contribution < 1.29 is 14.3 Å². The summed E-state index contributed by atoms with van der Waals surface area (Å²) in [5, 5.41) is 3.34. The van der Waals surface area contributed by atoms with Gasteiger partial charge in [0, 0.05) is 16.0 Å². The first-order chi connectivity index (χ1) is 10.0. The highest BCUT2D eigenvalue weighted by Crippen LogP contribution is 2.22. The van der Waals surface area contributed by atoms with Gasteiger partial charge in [-0.1, -0.05) is 33.6 Å². The number of amides is 1. The number of halogens is 2. The molecule has 0 aliphatic carbocycles. The molecule has 0 radical (unpaired) electrons. The minimum Gasteiger partial charge on any atom is -0.465 e. The highest BCUT2D eigenvalue weighted by Gasteiger charge is 2.14. The molecule has 0 unspecified atom stereocenters. The highest BCUT2D eigenvalue weighted by molar-refractivity contribution is 9.10. The van der Waals surface area contributed by atoms with Gasteiger partial charge in [0.05, 0.1) is 12.0 Å². The van der Waals surface area contributed by atoms with Crippen LogP contribution in [0.1, 0.15) is 24.9 Å². The second-order valence-electron chi connectivity index (χ2n) is 4.07. The molecule has 21 heavy (non-hydrogen) atoms. The lowest BCUT2D eigenvalue weighted by molar-refractivity contribution is 0.0606. The van der Waals surface area contributed by atoms with Crippen LogP contribution in [0, 0.1) is 0 Å². The summed E-state index contributed by atoms with van der Waals surface area (Å²) in [5.41, 5.74) is 0.818. The van der Waals surface area contributed by atoms with Crippen molar-refractivity contribution in [1.82, 2.24) is 5.32 Å². The number of rotatable bonds is 4. The van der Waals surface area contributed by atoms with Crippen LogP contribution in [0.4, 0.5) is 0 Å². The maximum Gasteiger partial charge on any atom is 0.348 e. The lowest BCUT2D eigenvalue weighted by Crippen LogP contribution is -2.21. The molecule has 110 valence electrons. The van der Waals surface area contributed by atoms with Gasteiger partial charge >= 0.3 is 5.97 Å². The molecule has 2 aromatic rings. The van der Waals surface area contributed by atoms with Gasteiger partial charge in [-0.2, -0.15) is 0 Å². The fraction of sp³-hybridized carbons (Fsp3) is 0.143. The van der Waals surface area contributed by atoms with Gasteiger partial charge in [-0.15, -0.1) is 11.3 Å². The van der Waals surface area contributed by atoms with Crippen molar-refractivity contribution in [3.8, 4) is 0 Å². The number of nitrogens with one attached hydrogen (secondary N) is 1. The number of benzene rings is 1. The van der Waals surface area contributed by atoms with Crippen molar-refractivity contribution in [2.45, 2.75) is 6.54 Å². The monoisotopic (exact) mass is 387 g/mol. The van der Waals surface area contributed by atoms with E-state index in [1.165, 1.54) is 7.11 Å². The molecule has 1 N–H and O–H groups in total. The maximum atomic E-state index is 12.0. The summed E-state index contributed by atoms with van der Waals surface area (Å²) in [6.45, 7) is 0.316. The van der Waals surface area contributed by atoms with Crippen molar-refractivity contribution in [2.75, 3.05) is 7.11 Å². The van der Waals surface area contributed by atoms with Gasteiger partial charge in [0.25, 0.3) is 5.91 Å². The summed E-state index contributed by atoms with van der Waals surface area (Å²) < 4.78 is 5.48. The molecule has 7 heteroatoms. The third kappa shape index (κ3) is 4.06. The summed E-state index contributed by atoms with van der Waals surface area (Å²) in [6.07, 6.45) is 0. The molecule has 0 saturated heterocycles. The number of hydrogen-bond acceptors (Lipinski definition) is 4. The molecule has 1 heterocycles. The SMILES string of the molecule is COC(=O)c1ccc(C(=O)NCc2ccc(Br)cc2Cl)s1. The van der Waals surface area contributed by atoms with Crippen molar-refractivity contribution in [1.29, 1.82) is 0 Å². The van der Waals surface area contributed by atoms with E-state index in [0.29, 0.717) is 21.3 Å². The van der Waals surface area contributed by atoms with Crippen LogP contribution in [-0.2, 0) is 11.3 Å².